The van der Waals surface area contributed by atoms with Gasteiger partial charge in [0.05, 0.1) is 0 Å². The molecule has 5 heteroatoms. The number of aromatic nitrogens is 1. The van der Waals surface area contributed by atoms with Crippen LogP contribution in [0.2, 0.25) is 0 Å². The van der Waals surface area contributed by atoms with Gasteiger partial charge in [-0.25, -0.2) is 5.48 Å². The fourth-order valence-electron chi connectivity index (χ4n) is 2.92. The minimum atomic E-state index is -0.735. The molecule has 1 heterocycles. The summed E-state index contributed by atoms with van der Waals surface area (Å²) in [5, 5.41) is 8.87. The minimum absolute atomic E-state index is 0.0176. The molecule has 1 aromatic rings. The molecule has 0 bridgehead atoms. The van der Waals surface area contributed by atoms with Crippen molar-refractivity contribution in [1.82, 2.24) is 10.0 Å². The van der Waals surface area contributed by atoms with Crippen molar-refractivity contribution >= 4 is 5.91 Å². The van der Waals surface area contributed by atoms with E-state index in [2.05, 4.69) is 0 Å². The summed E-state index contributed by atoms with van der Waals surface area (Å²) in [4.78, 5) is 24.4. The van der Waals surface area contributed by atoms with Crippen LogP contribution in [0, 0.1) is 0 Å². The smallest absolute Gasteiger partial charge is 0.280 e. The Morgan fingerprint density at radius 3 is 2.59 bits per heavy atom. The summed E-state index contributed by atoms with van der Waals surface area (Å²) in [5.74, 6) is -0.735. The van der Waals surface area contributed by atoms with Crippen molar-refractivity contribution in [2.24, 2.45) is 0 Å². The molecule has 5 nitrogen and oxygen atoms in total. The Balaban J connectivity index is 2.59. The van der Waals surface area contributed by atoms with Gasteiger partial charge >= 0.3 is 0 Å². The van der Waals surface area contributed by atoms with E-state index in [1.165, 1.54) is 12.8 Å². The molecule has 1 aromatic heterocycles. The number of fused-ring (bicyclic) bond motifs is 1. The summed E-state index contributed by atoms with van der Waals surface area (Å²) in [5.41, 5.74) is 4.49. The van der Waals surface area contributed by atoms with Gasteiger partial charge in [-0.3, -0.25) is 14.8 Å². The van der Waals surface area contributed by atoms with E-state index in [1.54, 1.807) is 16.1 Å². The molecule has 0 fully saturated rings. The van der Waals surface area contributed by atoms with Crippen molar-refractivity contribution in [2.75, 3.05) is 0 Å². The van der Waals surface area contributed by atoms with E-state index in [-0.39, 0.29) is 11.1 Å². The van der Waals surface area contributed by atoms with E-state index in [1.807, 2.05) is 19.9 Å². The molecule has 22 heavy (non-hydrogen) atoms. The van der Waals surface area contributed by atoms with Gasteiger partial charge in [-0.1, -0.05) is 24.5 Å². The van der Waals surface area contributed by atoms with Gasteiger partial charge < -0.3 is 4.57 Å². The van der Waals surface area contributed by atoms with E-state index in [0.717, 1.165) is 42.5 Å². The molecule has 0 radical (unpaired) electrons. The van der Waals surface area contributed by atoms with Gasteiger partial charge in [0, 0.05) is 12.2 Å². The molecule has 0 saturated carbocycles. The highest BCUT2D eigenvalue weighted by molar-refractivity contribution is 5.93. The van der Waals surface area contributed by atoms with E-state index < -0.39 is 5.91 Å². The highest BCUT2D eigenvalue weighted by Gasteiger charge is 2.19. The van der Waals surface area contributed by atoms with E-state index >= 15 is 0 Å². The van der Waals surface area contributed by atoms with E-state index in [9.17, 15) is 9.59 Å². The Morgan fingerprint density at radius 1 is 1.27 bits per heavy atom. The predicted molar refractivity (Wildman–Crippen MR) is 85.3 cm³/mol. The SMILES string of the molecule is CC(C)=CCn1c2c(cc(C(=O)NO)c1=O)CCCCCC2. The number of pyridine rings is 1. The summed E-state index contributed by atoms with van der Waals surface area (Å²) < 4.78 is 1.69. The second kappa shape index (κ2) is 7.40. The summed E-state index contributed by atoms with van der Waals surface area (Å²) >= 11 is 0. The van der Waals surface area contributed by atoms with E-state index in [4.69, 9.17) is 5.21 Å². The summed E-state index contributed by atoms with van der Waals surface area (Å²) in [6, 6.07) is 1.66. The molecule has 0 spiro atoms. The fraction of sp³-hybridized carbons (Fsp3) is 0.529. The first kappa shape index (κ1) is 16.5. The van der Waals surface area contributed by atoms with Crippen molar-refractivity contribution < 1.29 is 10.0 Å². The Hall–Kier alpha value is -1.88. The first-order valence-corrected chi connectivity index (χ1v) is 7.88. The maximum atomic E-state index is 12.6. The van der Waals surface area contributed by atoms with Crippen LogP contribution in [0.4, 0.5) is 0 Å². The van der Waals surface area contributed by atoms with Crippen LogP contribution in [0.3, 0.4) is 0 Å². The maximum Gasteiger partial charge on any atom is 0.280 e. The number of amides is 1. The molecular formula is C17H24N2O3. The third-order valence-corrected chi connectivity index (χ3v) is 4.13. The number of allylic oxidation sites excluding steroid dienone is 2. The summed E-state index contributed by atoms with van der Waals surface area (Å²) in [6.07, 6.45) is 8.20. The molecule has 1 aliphatic carbocycles. The van der Waals surface area contributed by atoms with Gasteiger partial charge in [-0.05, 0) is 51.2 Å². The average molecular weight is 304 g/mol. The lowest BCUT2D eigenvalue weighted by Gasteiger charge is -2.20. The minimum Gasteiger partial charge on any atom is -0.308 e. The Bertz CT molecular complexity index is 640. The van der Waals surface area contributed by atoms with Crippen molar-refractivity contribution in [3.63, 3.8) is 0 Å². The van der Waals surface area contributed by atoms with Gasteiger partial charge in [0.1, 0.15) is 5.56 Å². The number of hydrogen-bond acceptors (Lipinski definition) is 3. The van der Waals surface area contributed by atoms with Crippen LogP contribution in [0.5, 0.6) is 0 Å². The fourth-order valence-corrected chi connectivity index (χ4v) is 2.92. The van der Waals surface area contributed by atoms with Crippen LogP contribution in [0.1, 0.15) is 61.1 Å². The second-order valence-corrected chi connectivity index (χ2v) is 6.08. The Kier molecular flexibility index (Phi) is 5.55. The second-order valence-electron chi connectivity index (χ2n) is 6.08. The lowest BCUT2D eigenvalue weighted by Crippen LogP contribution is -2.34. The summed E-state index contributed by atoms with van der Waals surface area (Å²) in [6.45, 7) is 4.44. The number of aryl methyl sites for hydroxylation is 1. The topological polar surface area (TPSA) is 71.3 Å². The number of nitrogens with zero attached hydrogens (tertiary/aromatic N) is 1. The highest BCUT2D eigenvalue weighted by atomic mass is 16.5. The summed E-state index contributed by atoms with van der Waals surface area (Å²) in [7, 11) is 0. The molecule has 2 N–H and O–H groups in total. The maximum absolute atomic E-state index is 12.6. The van der Waals surface area contributed by atoms with Crippen LogP contribution >= 0.6 is 0 Å². The largest absolute Gasteiger partial charge is 0.308 e. The standard InChI is InChI=1S/C17H24N2O3/c1-12(2)9-10-19-15-8-6-4-3-5-7-13(15)11-14(17(19)21)16(20)18-22/h9,11,22H,3-8,10H2,1-2H3,(H,18,20). The molecule has 0 aromatic carbocycles. The Morgan fingerprint density at radius 2 is 1.95 bits per heavy atom. The third kappa shape index (κ3) is 3.65. The van der Waals surface area contributed by atoms with Crippen LogP contribution < -0.4 is 11.0 Å². The van der Waals surface area contributed by atoms with Gasteiger partial charge in [-0.2, -0.15) is 0 Å². The third-order valence-electron chi connectivity index (χ3n) is 4.13. The van der Waals surface area contributed by atoms with Crippen LogP contribution in [-0.4, -0.2) is 15.7 Å². The van der Waals surface area contributed by atoms with Gasteiger partial charge in [0.2, 0.25) is 0 Å². The lowest BCUT2D eigenvalue weighted by atomic mass is 9.95. The average Bonchev–Trinajstić information content (AvgIpc) is 2.46. The molecular weight excluding hydrogens is 280 g/mol. The molecule has 120 valence electrons. The molecule has 0 atom stereocenters. The molecule has 1 amide bonds. The van der Waals surface area contributed by atoms with Gasteiger partial charge in [-0.15, -0.1) is 0 Å². The molecule has 0 aliphatic heterocycles. The van der Waals surface area contributed by atoms with Gasteiger partial charge in [0.25, 0.3) is 11.5 Å². The van der Waals surface area contributed by atoms with Crippen LogP contribution in [0.25, 0.3) is 0 Å². The quantitative estimate of drug-likeness (QED) is 0.512. The van der Waals surface area contributed by atoms with E-state index in [0.29, 0.717) is 6.54 Å². The Labute approximate surface area is 130 Å². The molecule has 0 unspecified atom stereocenters. The van der Waals surface area contributed by atoms with Crippen molar-refractivity contribution in [3.8, 4) is 0 Å². The van der Waals surface area contributed by atoms with Crippen molar-refractivity contribution in [2.45, 2.75) is 58.9 Å². The zero-order valence-electron chi connectivity index (χ0n) is 13.3. The lowest BCUT2D eigenvalue weighted by molar-refractivity contribution is 0.0704. The number of carbonyl (C=O) groups is 1. The highest BCUT2D eigenvalue weighted by Crippen LogP contribution is 2.20. The molecule has 0 saturated heterocycles. The zero-order valence-corrected chi connectivity index (χ0v) is 13.3. The predicted octanol–water partition coefficient (Wildman–Crippen LogP) is 2.59. The van der Waals surface area contributed by atoms with Crippen molar-refractivity contribution in [3.05, 3.63) is 44.9 Å². The molecule has 2 rings (SSSR count). The number of rotatable bonds is 3. The number of hydroxylamine groups is 1. The first-order chi connectivity index (χ1) is 10.5. The number of carbonyl (C=O) groups excluding carboxylic acids is 1. The normalized spacial score (nSPS) is 14.5. The van der Waals surface area contributed by atoms with Crippen LogP contribution in [0.15, 0.2) is 22.5 Å². The number of nitrogens with one attached hydrogen (secondary N) is 1. The van der Waals surface area contributed by atoms with Gasteiger partial charge in [0.15, 0.2) is 0 Å². The number of hydrogen-bond donors (Lipinski definition) is 2. The first-order valence-electron chi connectivity index (χ1n) is 7.88. The zero-order chi connectivity index (χ0) is 16.1. The van der Waals surface area contributed by atoms with Crippen molar-refractivity contribution in [1.29, 1.82) is 0 Å². The van der Waals surface area contributed by atoms with Crippen LogP contribution in [-0.2, 0) is 19.4 Å². The molecule has 1 aliphatic rings. The monoisotopic (exact) mass is 304 g/mol.